The van der Waals surface area contributed by atoms with Crippen LogP contribution in [-0.2, 0) is 0 Å². The molecule has 0 atom stereocenters. The van der Waals surface area contributed by atoms with Gasteiger partial charge >= 0.3 is 0 Å². The summed E-state index contributed by atoms with van der Waals surface area (Å²) in [6.07, 6.45) is 0. The Labute approximate surface area is 133 Å². The van der Waals surface area contributed by atoms with Crippen LogP contribution in [0.25, 0.3) is 0 Å². The molecule has 22 heavy (non-hydrogen) atoms. The van der Waals surface area contributed by atoms with Gasteiger partial charge in [-0.3, -0.25) is 0 Å². The van der Waals surface area contributed by atoms with Gasteiger partial charge in [0.15, 0.2) is 0 Å². The zero-order chi connectivity index (χ0) is 15.3. The molecule has 1 aliphatic heterocycles. The molecule has 8 N–H and O–H groups in total. The lowest BCUT2D eigenvalue weighted by molar-refractivity contribution is -0.762. The summed E-state index contributed by atoms with van der Waals surface area (Å²) in [7, 11) is 0. The molecular formula is C16H32N4O2+4. The first kappa shape index (κ1) is 17.0. The third-order valence-electron chi connectivity index (χ3n) is 3.71. The highest BCUT2D eigenvalue weighted by Gasteiger charge is 2.02. The normalized spacial score (nSPS) is 19.8. The summed E-state index contributed by atoms with van der Waals surface area (Å²) in [6.45, 7) is 10.6. The summed E-state index contributed by atoms with van der Waals surface area (Å²) in [4.78, 5) is 0. The molecular weight excluding hydrogens is 280 g/mol. The first-order valence-electron chi connectivity index (χ1n) is 8.57. The van der Waals surface area contributed by atoms with Gasteiger partial charge in [-0.25, -0.2) is 0 Å². The molecule has 2 rings (SSSR count). The molecule has 6 nitrogen and oxygen atoms in total. The van der Waals surface area contributed by atoms with Crippen molar-refractivity contribution in [2.75, 3.05) is 65.6 Å². The highest BCUT2D eigenvalue weighted by Crippen LogP contribution is 2.18. The van der Waals surface area contributed by atoms with Crippen LogP contribution in [0, 0.1) is 0 Å². The molecule has 0 saturated heterocycles. The molecule has 6 heteroatoms. The molecule has 1 aromatic carbocycles. The van der Waals surface area contributed by atoms with Gasteiger partial charge in [0, 0.05) is 6.07 Å². The molecule has 0 fully saturated rings. The molecule has 1 aromatic rings. The van der Waals surface area contributed by atoms with Crippen molar-refractivity contribution in [3.8, 4) is 11.5 Å². The van der Waals surface area contributed by atoms with Crippen LogP contribution in [0.1, 0.15) is 0 Å². The highest BCUT2D eigenvalue weighted by molar-refractivity contribution is 5.32. The van der Waals surface area contributed by atoms with Gasteiger partial charge in [-0.05, 0) is 12.1 Å². The monoisotopic (exact) mass is 312 g/mol. The van der Waals surface area contributed by atoms with Crippen molar-refractivity contribution in [1.82, 2.24) is 0 Å². The zero-order valence-corrected chi connectivity index (χ0v) is 13.5. The molecule has 1 heterocycles. The van der Waals surface area contributed by atoms with E-state index in [1.54, 1.807) is 0 Å². The van der Waals surface area contributed by atoms with Crippen molar-refractivity contribution in [1.29, 1.82) is 0 Å². The SMILES string of the molecule is c1cc2cc(c1)OCC[NH2+]CC[NH2+]CC[NH2+]CC[NH2+]CCO2. The van der Waals surface area contributed by atoms with Crippen LogP contribution in [0.2, 0.25) is 0 Å². The van der Waals surface area contributed by atoms with Crippen molar-refractivity contribution in [3.63, 3.8) is 0 Å². The molecule has 124 valence electrons. The maximum absolute atomic E-state index is 5.78. The number of fused-ring (bicyclic) bond motifs is 2. The Morgan fingerprint density at radius 1 is 0.591 bits per heavy atom. The fourth-order valence-electron chi connectivity index (χ4n) is 2.46. The second-order valence-electron chi connectivity index (χ2n) is 5.64. The van der Waals surface area contributed by atoms with Crippen LogP contribution < -0.4 is 30.7 Å². The molecule has 0 aromatic heterocycles. The maximum atomic E-state index is 5.78. The summed E-state index contributed by atoms with van der Waals surface area (Å²) < 4.78 is 11.6. The standard InChI is InChI=1S/C16H28N4O2/c1-2-15-14-16(3-1)22-13-11-20-9-7-18-5-4-17-6-8-19-10-12-21-15/h1-3,14,17-20H,4-13H2/p+4. The molecule has 0 amide bonds. The van der Waals surface area contributed by atoms with E-state index < -0.39 is 0 Å². The minimum absolute atomic E-state index is 0.741. The summed E-state index contributed by atoms with van der Waals surface area (Å²) in [5.74, 6) is 1.79. The van der Waals surface area contributed by atoms with E-state index in [4.69, 9.17) is 9.47 Å². The minimum atomic E-state index is 0.741. The van der Waals surface area contributed by atoms with Gasteiger partial charge in [-0.2, -0.15) is 0 Å². The van der Waals surface area contributed by atoms with E-state index in [-0.39, 0.29) is 0 Å². The molecule has 0 unspecified atom stereocenters. The van der Waals surface area contributed by atoms with Gasteiger partial charge < -0.3 is 30.7 Å². The number of benzene rings is 1. The van der Waals surface area contributed by atoms with Crippen molar-refractivity contribution < 1.29 is 30.7 Å². The van der Waals surface area contributed by atoms with E-state index >= 15 is 0 Å². The predicted molar refractivity (Wildman–Crippen MR) is 84.1 cm³/mol. The van der Waals surface area contributed by atoms with Gasteiger partial charge in [0.2, 0.25) is 0 Å². The van der Waals surface area contributed by atoms with E-state index in [0.717, 1.165) is 50.9 Å². The Morgan fingerprint density at radius 3 is 1.45 bits per heavy atom. The number of hydrogen-bond acceptors (Lipinski definition) is 2. The fraction of sp³-hybridized carbons (Fsp3) is 0.625. The average molecular weight is 312 g/mol. The zero-order valence-electron chi connectivity index (χ0n) is 13.5. The van der Waals surface area contributed by atoms with E-state index in [2.05, 4.69) is 21.3 Å². The lowest BCUT2D eigenvalue weighted by atomic mass is 10.3. The Bertz CT molecular complexity index is 370. The first-order chi connectivity index (χ1) is 10.9. The number of ether oxygens (including phenoxy) is 2. The van der Waals surface area contributed by atoms with Gasteiger partial charge in [-0.1, -0.05) is 6.07 Å². The van der Waals surface area contributed by atoms with Crippen LogP contribution >= 0.6 is 0 Å². The van der Waals surface area contributed by atoms with Crippen LogP contribution in [-0.4, -0.2) is 65.6 Å². The molecule has 0 saturated carbocycles. The second kappa shape index (κ2) is 11.3. The van der Waals surface area contributed by atoms with Crippen molar-refractivity contribution in [2.45, 2.75) is 0 Å². The van der Waals surface area contributed by atoms with E-state index in [9.17, 15) is 0 Å². The number of hydrogen-bond donors (Lipinski definition) is 4. The van der Waals surface area contributed by atoms with Crippen LogP contribution in [0.15, 0.2) is 24.3 Å². The summed E-state index contributed by atoms with van der Waals surface area (Å²) in [5.41, 5.74) is 0. The maximum Gasteiger partial charge on any atom is 0.137 e. The smallest absolute Gasteiger partial charge is 0.137 e. The quantitative estimate of drug-likeness (QED) is 0.391. The third kappa shape index (κ3) is 7.61. The lowest BCUT2D eigenvalue weighted by Crippen LogP contribution is -3.01. The molecule has 0 aliphatic carbocycles. The van der Waals surface area contributed by atoms with E-state index in [1.807, 2.05) is 24.3 Å². The van der Waals surface area contributed by atoms with E-state index in [0.29, 0.717) is 0 Å². The van der Waals surface area contributed by atoms with Crippen molar-refractivity contribution in [3.05, 3.63) is 24.3 Å². The lowest BCUT2D eigenvalue weighted by Gasteiger charge is -2.08. The highest BCUT2D eigenvalue weighted by atomic mass is 16.5. The Kier molecular flexibility index (Phi) is 8.71. The first-order valence-corrected chi connectivity index (χ1v) is 8.57. The molecule has 0 spiro atoms. The van der Waals surface area contributed by atoms with Crippen LogP contribution in [0.3, 0.4) is 0 Å². The summed E-state index contributed by atoms with van der Waals surface area (Å²) in [5, 5.41) is 9.46. The average Bonchev–Trinajstić information content (AvgIpc) is 2.54. The number of quaternary nitrogens is 4. The third-order valence-corrected chi connectivity index (χ3v) is 3.71. The Hall–Kier alpha value is -1.34. The van der Waals surface area contributed by atoms with Gasteiger partial charge in [0.1, 0.15) is 77.1 Å². The van der Waals surface area contributed by atoms with Crippen molar-refractivity contribution >= 4 is 0 Å². The minimum Gasteiger partial charge on any atom is -0.488 e. The molecule has 0 radical (unpaired) electrons. The topological polar surface area (TPSA) is 84.9 Å². The summed E-state index contributed by atoms with van der Waals surface area (Å²) in [6, 6.07) is 7.95. The number of rotatable bonds is 0. The predicted octanol–water partition coefficient (Wildman–Crippen LogP) is -4.29. The molecule has 2 bridgehead atoms. The Balaban J connectivity index is 1.76. The fourth-order valence-corrected chi connectivity index (χ4v) is 2.46. The second-order valence-corrected chi connectivity index (χ2v) is 5.64. The largest absolute Gasteiger partial charge is 0.488 e. The van der Waals surface area contributed by atoms with Crippen molar-refractivity contribution in [2.24, 2.45) is 0 Å². The van der Waals surface area contributed by atoms with Crippen LogP contribution in [0.4, 0.5) is 0 Å². The van der Waals surface area contributed by atoms with Gasteiger partial charge in [-0.15, -0.1) is 0 Å². The van der Waals surface area contributed by atoms with E-state index in [1.165, 1.54) is 26.2 Å². The Morgan fingerprint density at radius 2 is 1.00 bits per heavy atom. The molecule has 1 aliphatic rings. The summed E-state index contributed by atoms with van der Waals surface area (Å²) >= 11 is 0. The van der Waals surface area contributed by atoms with Crippen LogP contribution in [0.5, 0.6) is 11.5 Å². The van der Waals surface area contributed by atoms with Gasteiger partial charge in [0.25, 0.3) is 0 Å². The number of nitrogens with two attached hydrogens (primary N) is 4. The van der Waals surface area contributed by atoms with Gasteiger partial charge in [0.05, 0.1) is 0 Å².